The number of hydrogen-bond acceptors (Lipinski definition) is 0. The second-order valence-electron chi connectivity index (χ2n) is 7.26. The Morgan fingerprint density at radius 2 is 1.61 bits per heavy atom. The van der Waals surface area contributed by atoms with Gasteiger partial charge >= 0.3 is 0 Å². The van der Waals surface area contributed by atoms with Crippen LogP contribution < -0.4 is 0 Å². The first-order chi connectivity index (χ1) is 8.63. The van der Waals surface area contributed by atoms with Gasteiger partial charge in [-0.3, -0.25) is 0 Å². The summed E-state index contributed by atoms with van der Waals surface area (Å²) in [5.41, 5.74) is 0. The zero-order valence-electron chi connectivity index (χ0n) is 13.4. The summed E-state index contributed by atoms with van der Waals surface area (Å²) in [6.45, 7) is 9.22. The Kier molecular flexibility index (Phi) is 8.02. The molecular weight excluding hydrogens is 216 g/mol. The number of fused-ring (bicyclic) bond motifs is 1. The Bertz CT molecular complexity index is 194. The van der Waals surface area contributed by atoms with Gasteiger partial charge in [0.2, 0.25) is 0 Å². The summed E-state index contributed by atoms with van der Waals surface area (Å²) >= 11 is 0. The topological polar surface area (TPSA) is 0 Å². The fourth-order valence-electron chi connectivity index (χ4n) is 3.72. The number of unbranched alkanes of at least 4 members (excludes halogenated alkanes) is 1. The quantitative estimate of drug-likeness (QED) is 0.542. The van der Waals surface area contributed by atoms with Crippen LogP contribution >= 0.6 is 0 Å². The van der Waals surface area contributed by atoms with E-state index in [4.69, 9.17) is 0 Å². The smallest absolute Gasteiger partial charge is 0.0383 e. The Hall–Kier alpha value is 0. The zero-order valence-corrected chi connectivity index (χ0v) is 13.4. The highest BCUT2D eigenvalue weighted by atomic mass is 14.4. The monoisotopic (exact) mass is 252 g/mol. The molecular formula is C18H36. The molecule has 108 valence electrons. The largest absolute Gasteiger partial charge is 0.0654 e. The molecule has 2 saturated carbocycles. The van der Waals surface area contributed by atoms with Crippen LogP contribution in [-0.2, 0) is 0 Å². The van der Waals surface area contributed by atoms with Crippen LogP contribution in [-0.4, -0.2) is 0 Å². The van der Waals surface area contributed by atoms with Crippen LogP contribution in [0.25, 0.3) is 0 Å². The van der Waals surface area contributed by atoms with Crippen molar-refractivity contribution in [3.63, 3.8) is 0 Å². The molecule has 0 saturated heterocycles. The molecule has 0 amide bonds. The van der Waals surface area contributed by atoms with Crippen molar-refractivity contribution in [2.75, 3.05) is 0 Å². The second kappa shape index (κ2) is 8.99. The summed E-state index contributed by atoms with van der Waals surface area (Å²) in [5, 5.41) is 0. The maximum absolute atomic E-state index is 2.44. The van der Waals surface area contributed by atoms with Gasteiger partial charge in [-0.15, -0.1) is 0 Å². The van der Waals surface area contributed by atoms with Gasteiger partial charge in [0.05, 0.1) is 0 Å². The highest BCUT2D eigenvalue weighted by molar-refractivity contribution is 4.81. The fraction of sp³-hybridized carbons (Fsp3) is 1.00. The van der Waals surface area contributed by atoms with Crippen LogP contribution in [0.3, 0.4) is 0 Å². The Morgan fingerprint density at radius 3 is 2.17 bits per heavy atom. The van der Waals surface area contributed by atoms with Gasteiger partial charge in [0.25, 0.3) is 0 Å². The van der Waals surface area contributed by atoms with Gasteiger partial charge in [-0.2, -0.15) is 0 Å². The zero-order chi connectivity index (χ0) is 13.4. The van der Waals surface area contributed by atoms with Gasteiger partial charge in [-0.05, 0) is 36.5 Å². The lowest BCUT2D eigenvalue weighted by atomic mass is 9.68. The third-order valence-corrected chi connectivity index (χ3v) is 4.94. The lowest BCUT2D eigenvalue weighted by Crippen LogP contribution is -2.26. The van der Waals surface area contributed by atoms with Gasteiger partial charge in [0, 0.05) is 0 Å². The normalized spacial score (nSPS) is 31.5. The van der Waals surface area contributed by atoms with Crippen LogP contribution in [0.1, 0.15) is 91.9 Å². The molecule has 2 fully saturated rings. The molecule has 0 heterocycles. The molecule has 0 nitrogen and oxygen atoms in total. The molecule has 0 aromatic rings. The molecule has 0 N–H and O–H groups in total. The van der Waals surface area contributed by atoms with Crippen LogP contribution in [0.4, 0.5) is 0 Å². The molecule has 18 heavy (non-hydrogen) atoms. The van der Waals surface area contributed by atoms with E-state index in [1.807, 2.05) is 0 Å². The van der Waals surface area contributed by atoms with Crippen molar-refractivity contribution in [3.8, 4) is 0 Å². The van der Waals surface area contributed by atoms with Crippen LogP contribution in [0.2, 0.25) is 0 Å². The summed E-state index contributed by atoms with van der Waals surface area (Å²) in [4.78, 5) is 0. The molecule has 2 aliphatic rings. The van der Waals surface area contributed by atoms with E-state index in [1.165, 1.54) is 38.5 Å². The van der Waals surface area contributed by atoms with Gasteiger partial charge in [-0.1, -0.05) is 79.1 Å². The van der Waals surface area contributed by atoms with Gasteiger partial charge in [-0.25, -0.2) is 0 Å². The molecule has 3 atom stereocenters. The molecule has 3 unspecified atom stereocenters. The summed E-state index contributed by atoms with van der Waals surface area (Å²) in [6, 6.07) is 0. The molecule has 0 heteroatoms. The van der Waals surface area contributed by atoms with Crippen LogP contribution in [0.15, 0.2) is 0 Å². The highest BCUT2D eigenvalue weighted by Gasteiger charge is 2.29. The van der Waals surface area contributed by atoms with Crippen LogP contribution in [0.5, 0.6) is 0 Å². The van der Waals surface area contributed by atoms with E-state index >= 15 is 0 Å². The van der Waals surface area contributed by atoms with Crippen molar-refractivity contribution in [2.24, 2.45) is 23.7 Å². The van der Waals surface area contributed by atoms with Crippen molar-refractivity contribution >= 4 is 0 Å². The Labute approximate surface area is 116 Å². The average molecular weight is 252 g/mol. The minimum Gasteiger partial charge on any atom is -0.0654 e. The van der Waals surface area contributed by atoms with E-state index < -0.39 is 0 Å². The lowest BCUT2D eigenvalue weighted by molar-refractivity contribution is 0.137. The predicted molar refractivity (Wildman–Crippen MR) is 82.8 cm³/mol. The second-order valence-corrected chi connectivity index (χ2v) is 7.26. The van der Waals surface area contributed by atoms with Crippen molar-refractivity contribution in [2.45, 2.75) is 91.9 Å². The maximum Gasteiger partial charge on any atom is -0.0383 e. The fourth-order valence-corrected chi connectivity index (χ4v) is 3.72. The van der Waals surface area contributed by atoms with E-state index in [0.29, 0.717) is 0 Å². The summed E-state index contributed by atoms with van der Waals surface area (Å²) < 4.78 is 0. The minimum atomic E-state index is 0.903. The summed E-state index contributed by atoms with van der Waals surface area (Å²) in [6.07, 6.45) is 14.9. The Balaban J connectivity index is 0.000000203. The summed E-state index contributed by atoms with van der Waals surface area (Å²) in [7, 11) is 0. The third-order valence-electron chi connectivity index (χ3n) is 4.94. The van der Waals surface area contributed by atoms with Gasteiger partial charge in [0.15, 0.2) is 0 Å². The van der Waals surface area contributed by atoms with E-state index in [-0.39, 0.29) is 0 Å². The Morgan fingerprint density at radius 1 is 0.944 bits per heavy atom. The molecule has 0 aromatic carbocycles. The lowest BCUT2D eigenvalue weighted by Gasteiger charge is -2.38. The highest BCUT2D eigenvalue weighted by Crippen LogP contribution is 2.42. The van der Waals surface area contributed by atoms with E-state index in [9.17, 15) is 0 Å². The molecule has 0 aromatic heterocycles. The predicted octanol–water partition coefficient (Wildman–Crippen LogP) is 6.45. The van der Waals surface area contributed by atoms with Crippen LogP contribution in [0, 0.1) is 23.7 Å². The molecule has 0 spiro atoms. The molecule has 0 radical (unpaired) electrons. The summed E-state index contributed by atoms with van der Waals surface area (Å²) in [5.74, 6) is 4.21. The standard InChI is InChI=1S/C11H20.C7H16/c1-9-6-7-10-4-2-3-5-11(10)8-9;1-4-5-6-7(2)3/h9-11H,2-8H2,1H3;7H,4-6H2,1-3H3. The number of rotatable bonds is 3. The van der Waals surface area contributed by atoms with Gasteiger partial charge < -0.3 is 0 Å². The SMILES string of the molecule is CC1CCC2CCCCC2C1.CCCCC(C)C. The van der Waals surface area contributed by atoms with E-state index in [0.717, 1.165) is 23.7 Å². The maximum atomic E-state index is 2.44. The molecule has 2 rings (SSSR count). The molecule has 0 aliphatic heterocycles. The van der Waals surface area contributed by atoms with Crippen molar-refractivity contribution < 1.29 is 0 Å². The van der Waals surface area contributed by atoms with Crippen molar-refractivity contribution in [1.82, 2.24) is 0 Å². The first-order valence-electron chi connectivity index (χ1n) is 8.63. The first-order valence-corrected chi connectivity index (χ1v) is 8.63. The first kappa shape index (κ1) is 16.1. The third kappa shape index (κ3) is 6.25. The molecule has 2 aliphatic carbocycles. The average Bonchev–Trinajstić information content (AvgIpc) is 2.37. The van der Waals surface area contributed by atoms with Gasteiger partial charge in [0.1, 0.15) is 0 Å². The van der Waals surface area contributed by atoms with E-state index in [2.05, 4.69) is 27.7 Å². The minimum absolute atomic E-state index is 0.903. The van der Waals surface area contributed by atoms with Crippen molar-refractivity contribution in [1.29, 1.82) is 0 Å². The number of hydrogen-bond donors (Lipinski definition) is 0. The molecule has 0 bridgehead atoms. The van der Waals surface area contributed by atoms with Crippen molar-refractivity contribution in [3.05, 3.63) is 0 Å². The van der Waals surface area contributed by atoms with E-state index in [1.54, 1.807) is 25.7 Å².